The zero-order chi connectivity index (χ0) is 27.5. The summed E-state index contributed by atoms with van der Waals surface area (Å²) in [6.45, 7) is 8.12. The number of carbonyl (C=O) groups is 1. The van der Waals surface area contributed by atoms with Gasteiger partial charge in [0.05, 0.1) is 10.0 Å². The van der Waals surface area contributed by atoms with Crippen LogP contribution in [-0.2, 0) is 14.8 Å². The molecule has 2 heterocycles. The number of carbonyl (C=O) groups excluding carboxylic acids is 1. The van der Waals surface area contributed by atoms with Crippen molar-refractivity contribution in [3.63, 3.8) is 0 Å². The highest BCUT2D eigenvalue weighted by Crippen LogP contribution is 2.34. The van der Waals surface area contributed by atoms with Crippen LogP contribution in [-0.4, -0.2) is 73.8 Å². The van der Waals surface area contributed by atoms with E-state index in [-0.39, 0.29) is 45.3 Å². The molecule has 4 rings (SSSR count). The van der Waals surface area contributed by atoms with Crippen LogP contribution in [0.2, 0.25) is 10.0 Å². The molecule has 2 aliphatic rings. The minimum Gasteiger partial charge on any atom is -0.369 e. The molecule has 1 aromatic carbocycles. The van der Waals surface area contributed by atoms with Crippen LogP contribution < -0.4 is 10.2 Å². The van der Waals surface area contributed by atoms with Crippen molar-refractivity contribution in [3.8, 4) is 0 Å². The smallest absolute Gasteiger partial charge is 0.244 e. The molecule has 1 amide bonds. The first kappa shape index (κ1) is 28.6. The van der Waals surface area contributed by atoms with Gasteiger partial charge in [0.1, 0.15) is 4.90 Å². The summed E-state index contributed by atoms with van der Waals surface area (Å²) in [6, 6.07) is 8.53. The summed E-state index contributed by atoms with van der Waals surface area (Å²) in [5, 5.41) is 3.05. The molecule has 1 aliphatic heterocycles. The normalized spacial score (nSPS) is 22.4. The molecular weight excluding hydrogens is 545 g/mol. The second kappa shape index (κ2) is 11.8. The van der Waals surface area contributed by atoms with Crippen LogP contribution in [0.1, 0.15) is 20.3 Å². The van der Waals surface area contributed by atoms with Gasteiger partial charge in [0.15, 0.2) is 0 Å². The molecule has 38 heavy (non-hydrogen) atoms. The van der Waals surface area contributed by atoms with Crippen molar-refractivity contribution in [2.24, 2.45) is 5.92 Å². The lowest BCUT2D eigenvalue weighted by atomic mass is 9.80. The van der Waals surface area contributed by atoms with Gasteiger partial charge in [0.2, 0.25) is 15.9 Å². The van der Waals surface area contributed by atoms with Gasteiger partial charge in [-0.05, 0) is 43.2 Å². The Labute approximate surface area is 235 Å². The Kier molecular flexibility index (Phi) is 8.84. The predicted molar refractivity (Wildman–Crippen MR) is 152 cm³/mol. The van der Waals surface area contributed by atoms with Gasteiger partial charge in [-0.25, -0.2) is 12.7 Å². The van der Waals surface area contributed by atoms with Crippen molar-refractivity contribution in [1.82, 2.24) is 19.5 Å². The molecule has 2 atom stereocenters. The van der Waals surface area contributed by atoms with Crippen LogP contribution in [0.3, 0.4) is 0 Å². The number of benzene rings is 1. The molecule has 1 aromatic heterocycles. The number of halogens is 2. The van der Waals surface area contributed by atoms with E-state index < -0.39 is 10.0 Å². The maximum absolute atomic E-state index is 12.9. The summed E-state index contributed by atoms with van der Waals surface area (Å²) < 4.78 is 26.9. The Balaban J connectivity index is 1.30. The van der Waals surface area contributed by atoms with Crippen molar-refractivity contribution in [2.75, 3.05) is 44.7 Å². The first-order valence-electron chi connectivity index (χ1n) is 12.5. The van der Waals surface area contributed by atoms with Crippen LogP contribution in [0.5, 0.6) is 0 Å². The van der Waals surface area contributed by atoms with Gasteiger partial charge in [0, 0.05) is 75.5 Å². The minimum absolute atomic E-state index is 0.00170. The number of anilines is 1. The summed E-state index contributed by atoms with van der Waals surface area (Å²) >= 11 is 12.1. The number of pyridine rings is 1. The van der Waals surface area contributed by atoms with Gasteiger partial charge in [-0.3, -0.25) is 14.7 Å². The van der Waals surface area contributed by atoms with Crippen molar-refractivity contribution in [3.05, 3.63) is 76.7 Å². The minimum atomic E-state index is -3.88. The molecule has 0 saturated carbocycles. The Hall–Kier alpha value is -2.43. The number of hydrogen-bond acceptors (Lipinski definition) is 6. The fourth-order valence-electron chi connectivity index (χ4n) is 4.84. The van der Waals surface area contributed by atoms with Crippen LogP contribution >= 0.6 is 23.2 Å². The molecule has 2 aromatic rings. The van der Waals surface area contributed by atoms with Crippen molar-refractivity contribution >= 4 is 44.8 Å². The van der Waals surface area contributed by atoms with E-state index >= 15 is 0 Å². The SMILES string of the molecule is CC1C=C(NC(=O)CCN(C)S(=O)(=O)c2cccc(Cl)c2Cl)C=CC1(C)N1CCN(c2ccncc2)CC1. The predicted octanol–water partition coefficient (Wildman–Crippen LogP) is 4.19. The highest BCUT2D eigenvalue weighted by atomic mass is 35.5. The maximum Gasteiger partial charge on any atom is 0.244 e. The first-order chi connectivity index (χ1) is 18.0. The lowest BCUT2D eigenvalue weighted by molar-refractivity contribution is -0.120. The van der Waals surface area contributed by atoms with Gasteiger partial charge >= 0.3 is 0 Å². The molecule has 0 radical (unpaired) electrons. The number of hydrogen-bond donors (Lipinski definition) is 1. The molecule has 1 aliphatic carbocycles. The van der Waals surface area contributed by atoms with Crippen molar-refractivity contribution in [2.45, 2.75) is 30.7 Å². The maximum atomic E-state index is 12.9. The summed E-state index contributed by atoms with van der Waals surface area (Å²) in [7, 11) is -2.46. The third-order valence-corrected chi connectivity index (χ3v) is 10.3. The van der Waals surface area contributed by atoms with E-state index in [4.69, 9.17) is 23.2 Å². The van der Waals surface area contributed by atoms with E-state index in [1.54, 1.807) is 0 Å². The Morgan fingerprint density at radius 3 is 2.50 bits per heavy atom. The number of sulfonamides is 1. The van der Waals surface area contributed by atoms with E-state index in [0.29, 0.717) is 0 Å². The van der Waals surface area contributed by atoms with Gasteiger partial charge in [-0.15, -0.1) is 0 Å². The van der Waals surface area contributed by atoms with Crippen molar-refractivity contribution < 1.29 is 13.2 Å². The summed E-state index contributed by atoms with van der Waals surface area (Å²) in [4.78, 5) is 21.6. The zero-order valence-electron chi connectivity index (χ0n) is 21.8. The molecule has 1 fully saturated rings. The second-order valence-electron chi connectivity index (χ2n) is 9.83. The number of rotatable bonds is 8. The van der Waals surface area contributed by atoms with Crippen molar-refractivity contribution in [1.29, 1.82) is 0 Å². The van der Waals surface area contributed by atoms with E-state index in [2.05, 4.69) is 46.1 Å². The second-order valence-corrected chi connectivity index (χ2v) is 12.6. The zero-order valence-corrected chi connectivity index (χ0v) is 24.1. The Morgan fingerprint density at radius 2 is 1.84 bits per heavy atom. The van der Waals surface area contributed by atoms with E-state index in [1.807, 2.05) is 30.6 Å². The molecular formula is C27H33Cl2N5O3S. The number of allylic oxidation sites excluding steroid dienone is 1. The molecule has 11 heteroatoms. The summed E-state index contributed by atoms with van der Waals surface area (Å²) in [5.74, 6) is -0.0924. The molecule has 1 N–H and O–H groups in total. The fraction of sp³-hybridized carbons (Fsp3) is 0.407. The number of nitrogens with one attached hydrogen (secondary N) is 1. The summed E-state index contributed by atoms with van der Waals surface area (Å²) in [5.41, 5.74) is 1.75. The number of amides is 1. The lowest BCUT2D eigenvalue weighted by Crippen LogP contribution is -2.58. The quantitative estimate of drug-likeness (QED) is 0.506. The topological polar surface area (TPSA) is 85.8 Å². The fourth-order valence-corrected chi connectivity index (χ4v) is 6.74. The average Bonchev–Trinajstić information content (AvgIpc) is 2.91. The average molecular weight is 579 g/mol. The first-order valence-corrected chi connectivity index (χ1v) is 14.7. The van der Waals surface area contributed by atoms with Gasteiger partial charge in [0.25, 0.3) is 0 Å². The standard InChI is InChI=1S/C27H33Cl2N5O3S/c1-20-19-21(7-11-27(20,2)34-17-15-33(16-18-34)22-8-12-30-13-9-22)31-25(35)10-14-32(3)38(36,37)24-6-4-5-23(28)26(24)29/h4-9,11-13,19-20H,10,14-18H2,1-3H3,(H,31,35). The molecule has 2 unspecified atom stereocenters. The third-order valence-electron chi connectivity index (χ3n) is 7.48. The molecule has 1 saturated heterocycles. The highest BCUT2D eigenvalue weighted by Gasteiger charge is 2.37. The van der Waals surface area contributed by atoms with E-state index in [0.717, 1.165) is 36.2 Å². The van der Waals surface area contributed by atoms with Gasteiger partial charge in [-0.2, -0.15) is 0 Å². The van der Waals surface area contributed by atoms with Gasteiger partial charge in [-0.1, -0.05) is 48.3 Å². The molecule has 204 valence electrons. The van der Waals surface area contributed by atoms with Gasteiger partial charge < -0.3 is 10.2 Å². The van der Waals surface area contributed by atoms with Crippen LogP contribution in [0.25, 0.3) is 0 Å². The highest BCUT2D eigenvalue weighted by molar-refractivity contribution is 7.89. The number of nitrogens with zero attached hydrogens (tertiary/aromatic N) is 4. The van der Waals surface area contributed by atoms with Crippen LogP contribution in [0.15, 0.2) is 71.5 Å². The molecule has 0 bridgehead atoms. The lowest BCUT2D eigenvalue weighted by Gasteiger charge is -2.48. The largest absolute Gasteiger partial charge is 0.369 e. The monoisotopic (exact) mass is 577 g/mol. The number of piperazine rings is 1. The Morgan fingerprint density at radius 1 is 1.16 bits per heavy atom. The van der Waals surface area contributed by atoms with E-state index in [1.165, 1.54) is 30.9 Å². The van der Waals surface area contributed by atoms with Crippen LogP contribution in [0, 0.1) is 5.92 Å². The molecule has 8 nitrogen and oxygen atoms in total. The molecule has 0 spiro atoms. The third kappa shape index (κ3) is 6.07. The van der Waals surface area contributed by atoms with Crippen LogP contribution in [0.4, 0.5) is 5.69 Å². The summed E-state index contributed by atoms with van der Waals surface area (Å²) in [6.07, 6.45) is 9.82. The Bertz CT molecular complexity index is 1330. The number of aromatic nitrogens is 1. The van der Waals surface area contributed by atoms with E-state index in [9.17, 15) is 13.2 Å².